The summed E-state index contributed by atoms with van der Waals surface area (Å²) in [5, 5.41) is 0. The summed E-state index contributed by atoms with van der Waals surface area (Å²) in [5.41, 5.74) is 0. The molecular formula is C2H5FO3S. The van der Waals surface area contributed by atoms with E-state index in [1.807, 2.05) is 0 Å². The lowest BCUT2D eigenvalue weighted by atomic mass is 11.6. The molecule has 0 unspecified atom stereocenters. The van der Waals surface area contributed by atoms with E-state index in [0.29, 0.717) is 0 Å². The molecule has 44 valence electrons. The van der Waals surface area contributed by atoms with Crippen molar-refractivity contribution < 1.29 is 17.0 Å². The SMILES string of the molecule is CS(=O)(=O)OCF. The second-order valence-corrected chi connectivity index (χ2v) is 2.58. The minimum Gasteiger partial charge on any atom is -0.236 e. The van der Waals surface area contributed by atoms with E-state index < -0.39 is 17.0 Å². The minimum atomic E-state index is -3.55. The number of rotatable bonds is 2. The number of halogens is 1. The molecule has 7 heavy (non-hydrogen) atoms. The number of alkyl halides is 1. The molecule has 0 bridgehead atoms. The van der Waals surface area contributed by atoms with Crippen LogP contribution in [0.4, 0.5) is 4.39 Å². The molecule has 0 fully saturated rings. The van der Waals surface area contributed by atoms with Gasteiger partial charge in [-0.15, -0.1) is 0 Å². The van der Waals surface area contributed by atoms with Gasteiger partial charge in [-0.25, -0.2) is 8.57 Å². The predicted octanol–water partition coefficient (Wildman–Crippen LogP) is -0.110. The van der Waals surface area contributed by atoms with Crippen LogP contribution in [0.2, 0.25) is 0 Å². The maximum atomic E-state index is 10.9. The first kappa shape index (κ1) is 6.84. The van der Waals surface area contributed by atoms with Gasteiger partial charge in [-0.05, 0) is 0 Å². The Balaban J connectivity index is 3.60. The van der Waals surface area contributed by atoms with Crippen molar-refractivity contribution in [1.82, 2.24) is 0 Å². The lowest BCUT2D eigenvalue weighted by molar-refractivity contribution is 0.200. The molecule has 0 spiro atoms. The Labute approximate surface area is 41.2 Å². The first-order valence-electron chi connectivity index (χ1n) is 1.46. The van der Waals surface area contributed by atoms with Crippen LogP contribution in [0.1, 0.15) is 0 Å². The standard InChI is InChI=1S/C2H5FO3S/c1-7(4,5)6-2-3/h2H2,1H3. The van der Waals surface area contributed by atoms with Crippen LogP contribution in [0.5, 0.6) is 0 Å². The molecule has 0 aromatic rings. The van der Waals surface area contributed by atoms with E-state index in [-0.39, 0.29) is 0 Å². The van der Waals surface area contributed by atoms with Crippen LogP contribution in [0, 0.1) is 0 Å². The van der Waals surface area contributed by atoms with Crippen molar-refractivity contribution in [1.29, 1.82) is 0 Å². The van der Waals surface area contributed by atoms with Gasteiger partial charge in [-0.2, -0.15) is 8.42 Å². The molecule has 5 heteroatoms. The van der Waals surface area contributed by atoms with Gasteiger partial charge in [0.15, 0.2) is 0 Å². The average Bonchev–Trinajstić information content (AvgIpc) is 1.30. The van der Waals surface area contributed by atoms with Gasteiger partial charge in [0.2, 0.25) is 6.86 Å². The molecule has 0 N–H and O–H groups in total. The molecule has 0 aliphatic heterocycles. The van der Waals surface area contributed by atoms with Gasteiger partial charge in [0.1, 0.15) is 0 Å². The van der Waals surface area contributed by atoms with E-state index >= 15 is 0 Å². The molecule has 0 saturated carbocycles. The molecule has 0 aromatic heterocycles. The monoisotopic (exact) mass is 128 g/mol. The fourth-order valence-corrected chi connectivity index (χ4v) is 0.243. The Kier molecular flexibility index (Phi) is 2.17. The maximum Gasteiger partial charge on any atom is 0.266 e. The first-order chi connectivity index (χ1) is 3.06. The zero-order valence-corrected chi connectivity index (χ0v) is 4.53. The highest BCUT2D eigenvalue weighted by Crippen LogP contribution is 1.83. The fourth-order valence-electron chi connectivity index (χ4n) is 0.0809. The molecule has 0 rings (SSSR count). The molecule has 0 aromatic carbocycles. The van der Waals surface area contributed by atoms with Crippen molar-refractivity contribution in [3.8, 4) is 0 Å². The van der Waals surface area contributed by atoms with Crippen molar-refractivity contribution in [3.05, 3.63) is 0 Å². The smallest absolute Gasteiger partial charge is 0.236 e. The quantitative estimate of drug-likeness (QED) is 0.487. The average molecular weight is 128 g/mol. The van der Waals surface area contributed by atoms with Gasteiger partial charge >= 0.3 is 0 Å². The molecule has 0 saturated heterocycles. The predicted molar refractivity (Wildman–Crippen MR) is 21.9 cm³/mol. The lowest BCUT2D eigenvalue weighted by Gasteiger charge is -1.88. The summed E-state index contributed by atoms with van der Waals surface area (Å²) in [4.78, 5) is 0. The second-order valence-electron chi connectivity index (χ2n) is 0.931. The van der Waals surface area contributed by atoms with Crippen LogP contribution < -0.4 is 0 Å². The first-order valence-corrected chi connectivity index (χ1v) is 3.28. The Morgan fingerprint density at radius 1 is 1.71 bits per heavy atom. The molecule has 0 aliphatic rings. The highest BCUT2D eigenvalue weighted by molar-refractivity contribution is 7.85. The molecule has 0 aliphatic carbocycles. The van der Waals surface area contributed by atoms with Gasteiger partial charge in [-0.1, -0.05) is 0 Å². The number of hydrogen-bond acceptors (Lipinski definition) is 3. The number of hydrogen-bond donors (Lipinski definition) is 0. The van der Waals surface area contributed by atoms with Crippen LogP contribution in [0.25, 0.3) is 0 Å². The Morgan fingerprint density at radius 2 is 2.14 bits per heavy atom. The van der Waals surface area contributed by atoms with Gasteiger partial charge < -0.3 is 0 Å². The van der Waals surface area contributed by atoms with E-state index in [4.69, 9.17) is 0 Å². The summed E-state index contributed by atoms with van der Waals surface area (Å²) >= 11 is 0. The molecule has 0 radical (unpaired) electrons. The molecule has 0 amide bonds. The van der Waals surface area contributed by atoms with Crippen LogP contribution in [0.15, 0.2) is 0 Å². The van der Waals surface area contributed by atoms with Crippen LogP contribution in [-0.2, 0) is 14.3 Å². The zero-order valence-electron chi connectivity index (χ0n) is 3.72. The summed E-state index contributed by atoms with van der Waals surface area (Å²) in [6.07, 6.45) is 0.784. The summed E-state index contributed by atoms with van der Waals surface area (Å²) < 4.78 is 34.0. The second kappa shape index (κ2) is 2.23. The minimum absolute atomic E-state index is 0.784. The van der Waals surface area contributed by atoms with Gasteiger partial charge in [0, 0.05) is 0 Å². The van der Waals surface area contributed by atoms with E-state index in [2.05, 4.69) is 4.18 Å². The van der Waals surface area contributed by atoms with Crippen LogP contribution >= 0.6 is 0 Å². The van der Waals surface area contributed by atoms with Gasteiger partial charge in [0.25, 0.3) is 10.1 Å². The summed E-state index contributed by atoms with van der Waals surface area (Å²) in [6, 6.07) is 0. The van der Waals surface area contributed by atoms with E-state index in [1.165, 1.54) is 0 Å². The van der Waals surface area contributed by atoms with Crippen LogP contribution in [-0.4, -0.2) is 21.5 Å². The fraction of sp³-hybridized carbons (Fsp3) is 1.00. The van der Waals surface area contributed by atoms with Gasteiger partial charge in [0.05, 0.1) is 6.26 Å². The highest BCUT2D eigenvalue weighted by Gasteiger charge is 1.96. The largest absolute Gasteiger partial charge is 0.266 e. The Morgan fingerprint density at radius 3 is 2.14 bits per heavy atom. The molecule has 3 nitrogen and oxygen atoms in total. The highest BCUT2D eigenvalue weighted by atomic mass is 32.2. The maximum absolute atomic E-state index is 10.9. The molecular weight excluding hydrogens is 123 g/mol. The topological polar surface area (TPSA) is 43.4 Å². The normalized spacial score (nSPS) is 11.7. The van der Waals surface area contributed by atoms with Crippen LogP contribution in [0.3, 0.4) is 0 Å². The summed E-state index contributed by atoms with van der Waals surface area (Å²) in [5.74, 6) is 0. The van der Waals surface area contributed by atoms with E-state index in [9.17, 15) is 12.8 Å². The Hall–Kier alpha value is -0.160. The van der Waals surface area contributed by atoms with Gasteiger partial charge in [-0.3, -0.25) is 0 Å². The summed E-state index contributed by atoms with van der Waals surface area (Å²) in [7, 11) is -3.55. The summed E-state index contributed by atoms with van der Waals surface area (Å²) in [6.45, 7) is -1.28. The van der Waals surface area contributed by atoms with Crippen molar-refractivity contribution in [2.24, 2.45) is 0 Å². The van der Waals surface area contributed by atoms with Crippen molar-refractivity contribution in [2.75, 3.05) is 13.1 Å². The molecule has 0 atom stereocenters. The third kappa shape index (κ3) is 5.84. The zero-order chi connectivity index (χ0) is 5.91. The molecule has 0 heterocycles. The lowest BCUT2D eigenvalue weighted by Crippen LogP contribution is -1.99. The third-order valence-corrected chi connectivity index (χ3v) is 0.776. The Bertz CT molecular complexity index is 126. The third-order valence-electron chi connectivity index (χ3n) is 0.259. The van der Waals surface area contributed by atoms with E-state index in [1.54, 1.807) is 0 Å². The van der Waals surface area contributed by atoms with Crippen molar-refractivity contribution >= 4 is 10.1 Å². The van der Waals surface area contributed by atoms with E-state index in [0.717, 1.165) is 6.26 Å². The van der Waals surface area contributed by atoms with Crippen molar-refractivity contribution in [3.63, 3.8) is 0 Å². The van der Waals surface area contributed by atoms with Crippen molar-refractivity contribution in [2.45, 2.75) is 0 Å².